The number of anilines is 1. The molecule has 116 valence electrons. The molecule has 0 aliphatic heterocycles. The lowest BCUT2D eigenvalue weighted by Crippen LogP contribution is -2.16. The van der Waals surface area contributed by atoms with Crippen molar-refractivity contribution in [2.24, 2.45) is 0 Å². The Morgan fingerprint density at radius 2 is 1.76 bits per heavy atom. The van der Waals surface area contributed by atoms with E-state index < -0.39 is 23.1 Å². The fraction of sp³-hybridized carbons (Fsp3) is 0.444. The van der Waals surface area contributed by atoms with Crippen LogP contribution < -0.4 is 4.90 Å². The van der Waals surface area contributed by atoms with Crippen LogP contribution in [-0.2, 0) is 18.9 Å². The zero-order chi connectivity index (χ0) is 15.8. The second kappa shape index (κ2) is 5.40. The molecule has 12 heteroatoms. The maximum Gasteiger partial charge on any atom is 0.445 e. The van der Waals surface area contributed by atoms with Gasteiger partial charge in [-0.05, 0) is 0 Å². The predicted molar refractivity (Wildman–Crippen MR) is 64.1 cm³/mol. The lowest BCUT2D eigenvalue weighted by molar-refractivity contribution is -0.141. The molecule has 0 aliphatic carbocycles. The van der Waals surface area contributed by atoms with E-state index in [2.05, 4.69) is 15.2 Å². The molecule has 21 heavy (non-hydrogen) atoms. The Kier molecular flexibility index (Phi) is 4.10. The number of hydrogen-bond acceptors (Lipinski definition) is 6. The first-order chi connectivity index (χ1) is 9.57. The third kappa shape index (κ3) is 3.81. The van der Waals surface area contributed by atoms with Gasteiger partial charge in [-0.1, -0.05) is 11.3 Å². The van der Waals surface area contributed by atoms with Gasteiger partial charge in [0.1, 0.15) is 5.01 Å². The fourth-order valence-electron chi connectivity index (χ4n) is 1.27. The van der Waals surface area contributed by atoms with E-state index in [1.54, 1.807) is 0 Å². The summed E-state index contributed by atoms with van der Waals surface area (Å²) in [5.41, 5.74) is -1.02. The minimum absolute atomic E-state index is 0.0499. The van der Waals surface area contributed by atoms with Crippen LogP contribution in [-0.4, -0.2) is 22.2 Å². The molecule has 2 aromatic heterocycles. The van der Waals surface area contributed by atoms with Crippen molar-refractivity contribution in [3.8, 4) is 0 Å². The number of alkyl halides is 6. The zero-order valence-corrected chi connectivity index (χ0v) is 11.8. The van der Waals surface area contributed by atoms with Crippen LogP contribution in [0.2, 0.25) is 0 Å². The summed E-state index contributed by atoms with van der Waals surface area (Å²) in [5.74, 6) is 0. The van der Waals surface area contributed by atoms with Crippen molar-refractivity contribution in [2.45, 2.75) is 18.9 Å². The average molecular weight is 348 g/mol. The van der Waals surface area contributed by atoms with Crippen LogP contribution in [0.1, 0.15) is 15.7 Å². The smallest absolute Gasteiger partial charge is 0.343 e. The van der Waals surface area contributed by atoms with Crippen molar-refractivity contribution in [1.29, 1.82) is 0 Å². The summed E-state index contributed by atoms with van der Waals surface area (Å²) in [5, 5.41) is 6.17. The van der Waals surface area contributed by atoms with Crippen molar-refractivity contribution in [2.75, 3.05) is 11.9 Å². The maximum atomic E-state index is 12.4. The molecule has 0 saturated heterocycles. The molecule has 2 aromatic rings. The molecule has 2 heterocycles. The van der Waals surface area contributed by atoms with Gasteiger partial charge >= 0.3 is 12.4 Å². The normalized spacial score (nSPS) is 12.7. The van der Waals surface area contributed by atoms with Gasteiger partial charge in [-0.2, -0.15) is 26.3 Å². The van der Waals surface area contributed by atoms with Crippen LogP contribution in [0.5, 0.6) is 0 Å². The first-order valence-electron chi connectivity index (χ1n) is 5.21. The lowest BCUT2D eigenvalue weighted by Gasteiger charge is -2.12. The molecular weight excluding hydrogens is 342 g/mol. The first-order valence-corrected chi connectivity index (χ1v) is 6.90. The summed E-state index contributed by atoms with van der Waals surface area (Å²) < 4.78 is 74.3. The third-order valence-electron chi connectivity index (χ3n) is 2.20. The van der Waals surface area contributed by atoms with Crippen molar-refractivity contribution < 1.29 is 26.3 Å². The number of aromatic nitrogens is 3. The highest BCUT2D eigenvalue weighted by molar-refractivity contribution is 7.15. The standard InChI is InChI=1S/C9H6F6N4S2/c1-19(7-18-17-6(21-7)9(13,14)15)2-5-16-4(3-20-5)8(10,11)12/h3H,2H2,1H3. The highest BCUT2D eigenvalue weighted by Gasteiger charge is 2.36. The minimum Gasteiger partial charge on any atom is -0.343 e. The molecule has 0 N–H and O–H groups in total. The number of nitrogens with zero attached hydrogens (tertiary/aromatic N) is 4. The Bertz CT molecular complexity index is 616. The van der Waals surface area contributed by atoms with E-state index in [9.17, 15) is 26.3 Å². The summed E-state index contributed by atoms with van der Waals surface area (Å²) in [4.78, 5) is 4.64. The van der Waals surface area contributed by atoms with E-state index in [0.29, 0.717) is 11.3 Å². The van der Waals surface area contributed by atoms with Gasteiger partial charge in [0.05, 0.1) is 6.54 Å². The average Bonchev–Trinajstić information content (AvgIpc) is 2.94. The molecule has 4 nitrogen and oxygen atoms in total. The molecule has 0 aromatic carbocycles. The summed E-state index contributed by atoms with van der Waals surface area (Å²) in [6.45, 7) is -0.0900. The van der Waals surface area contributed by atoms with Crippen LogP contribution in [0.3, 0.4) is 0 Å². The van der Waals surface area contributed by atoms with Crippen LogP contribution in [0.25, 0.3) is 0 Å². The molecule has 0 fully saturated rings. The van der Waals surface area contributed by atoms with E-state index in [4.69, 9.17) is 0 Å². The van der Waals surface area contributed by atoms with E-state index >= 15 is 0 Å². The Labute approximate surface area is 122 Å². The molecule has 2 rings (SSSR count). The molecule has 0 aliphatic rings. The van der Waals surface area contributed by atoms with Gasteiger partial charge in [-0.25, -0.2) is 4.98 Å². The molecule has 0 spiro atoms. The molecule has 0 radical (unpaired) electrons. The van der Waals surface area contributed by atoms with Gasteiger partial charge < -0.3 is 4.90 Å². The first kappa shape index (κ1) is 15.9. The monoisotopic (exact) mass is 348 g/mol. The van der Waals surface area contributed by atoms with Crippen LogP contribution in [0.15, 0.2) is 5.38 Å². The van der Waals surface area contributed by atoms with Crippen LogP contribution in [0, 0.1) is 0 Å². The number of hydrogen-bond donors (Lipinski definition) is 0. The topological polar surface area (TPSA) is 41.9 Å². The highest BCUT2D eigenvalue weighted by Crippen LogP contribution is 2.35. The summed E-state index contributed by atoms with van der Waals surface area (Å²) in [7, 11) is 1.40. The van der Waals surface area contributed by atoms with Gasteiger partial charge in [0.25, 0.3) is 0 Å². The summed E-state index contributed by atoms with van der Waals surface area (Å²) in [6, 6.07) is 0. The largest absolute Gasteiger partial charge is 0.445 e. The SMILES string of the molecule is CN(Cc1nc(C(F)(F)F)cs1)c1nnc(C(F)(F)F)s1. The Morgan fingerprint density at radius 1 is 1.10 bits per heavy atom. The van der Waals surface area contributed by atoms with Gasteiger partial charge in [0.15, 0.2) is 5.69 Å². The highest BCUT2D eigenvalue weighted by atomic mass is 32.1. The predicted octanol–water partition coefficient (Wildman–Crippen LogP) is 3.67. The zero-order valence-electron chi connectivity index (χ0n) is 10.2. The van der Waals surface area contributed by atoms with Crippen LogP contribution >= 0.6 is 22.7 Å². The van der Waals surface area contributed by atoms with Crippen molar-refractivity contribution in [3.63, 3.8) is 0 Å². The lowest BCUT2D eigenvalue weighted by atomic mass is 10.5. The molecular formula is C9H6F6N4S2. The van der Waals surface area contributed by atoms with Crippen LogP contribution in [0.4, 0.5) is 31.5 Å². The van der Waals surface area contributed by atoms with Gasteiger partial charge in [0, 0.05) is 12.4 Å². The van der Waals surface area contributed by atoms with E-state index in [-0.39, 0.29) is 16.7 Å². The van der Waals surface area contributed by atoms with E-state index in [1.807, 2.05) is 0 Å². The molecule has 0 saturated carbocycles. The minimum atomic E-state index is -4.60. The number of halogens is 6. The molecule has 0 bridgehead atoms. The second-order valence-electron chi connectivity index (χ2n) is 3.87. The second-order valence-corrected chi connectivity index (χ2v) is 5.77. The molecule has 0 unspecified atom stereocenters. The van der Waals surface area contributed by atoms with Crippen molar-refractivity contribution >= 4 is 27.8 Å². The van der Waals surface area contributed by atoms with E-state index in [0.717, 1.165) is 16.7 Å². The summed E-state index contributed by atoms with van der Waals surface area (Å²) in [6.07, 6.45) is -9.14. The maximum absolute atomic E-state index is 12.4. The Hall–Kier alpha value is -1.43. The van der Waals surface area contributed by atoms with E-state index in [1.165, 1.54) is 11.9 Å². The third-order valence-corrected chi connectivity index (χ3v) is 4.11. The summed E-state index contributed by atoms with van der Waals surface area (Å²) >= 11 is 1.09. The molecule has 0 amide bonds. The Morgan fingerprint density at radius 3 is 2.24 bits per heavy atom. The van der Waals surface area contributed by atoms with Gasteiger partial charge in [-0.15, -0.1) is 21.5 Å². The van der Waals surface area contributed by atoms with Gasteiger partial charge in [0.2, 0.25) is 10.1 Å². The van der Waals surface area contributed by atoms with Crippen molar-refractivity contribution in [1.82, 2.24) is 15.2 Å². The quantitative estimate of drug-likeness (QED) is 0.794. The Balaban J connectivity index is 2.09. The fourth-order valence-corrected chi connectivity index (χ4v) is 2.79. The van der Waals surface area contributed by atoms with Crippen molar-refractivity contribution in [3.05, 3.63) is 21.1 Å². The van der Waals surface area contributed by atoms with Gasteiger partial charge in [-0.3, -0.25) is 0 Å². The number of thiazole rings is 1. The number of rotatable bonds is 3. The molecule has 0 atom stereocenters.